The first-order valence-corrected chi connectivity index (χ1v) is 6.81. The normalized spacial score (nSPS) is 14.5. The summed E-state index contributed by atoms with van der Waals surface area (Å²) in [4.78, 5) is 23.6. The van der Waals surface area contributed by atoms with Crippen LogP contribution in [0.2, 0.25) is 0 Å². The van der Waals surface area contributed by atoms with Crippen molar-refractivity contribution in [2.24, 2.45) is 11.1 Å². The van der Waals surface area contributed by atoms with E-state index in [9.17, 15) is 9.59 Å². The van der Waals surface area contributed by atoms with Crippen LogP contribution in [0.3, 0.4) is 0 Å². The number of fused-ring (bicyclic) bond motifs is 1. The van der Waals surface area contributed by atoms with Crippen LogP contribution in [0, 0.1) is 5.41 Å². The van der Waals surface area contributed by atoms with E-state index >= 15 is 0 Å². The second kappa shape index (κ2) is 5.63. The fraction of sp³-hybridized carbons (Fsp3) is 0.467. The molecule has 0 atom stereocenters. The molecule has 0 spiro atoms. The summed E-state index contributed by atoms with van der Waals surface area (Å²) >= 11 is 0. The molecular formula is C15H21N3O2. The summed E-state index contributed by atoms with van der Waals surface area (Å²) in [5, 5.41) is 6.10. The Hall–Kier alpha value is -1.88. The van der Waals surface area contributed by atoms with E-state index in [-0.39, 0.29) is 12.5 Å². The minimum atomic E-state index is -0.744. The molecule has 4 N–H and O–H groups in total. The van der Waals surface area contributed by atoms with E-state index in [1.165, 1.54) is 0 Å². The zero-order valence-electron chi connectivity index (χ0n) is 12.0. The Balaban J connectivity index is 2.12. The number of carbonyl (C=O) groups excluding carboxylic acids is 2. The summed E-state index contributed by atoms with van der Waals surface area (Å²) in [7, 11) is 0. The SMILES string of the molecule is CC(C)(CNC(=O)c1cccc2c1CCNC2)C(N)=O. The zero-order valence-corrected chi connectivity index (χ0v) is 12.0. The third kappa shape index (κ3) is 2.99. The number of benzene rings is 1. The average molecular weight is 275 g/mol. The molecule has 1 aromatic rings. The van der Waals surface area contributed by atoms with Gasteiger partial charge in [-0.2, -0.15) is 0 Å². The predicted octanol–water partition coefficient (Wildman–Crippen LogP) is 0.574. The fourth-order valence-corrected chi connectivity index (χ4v) is 2.23. The summed E-state index contributed by atoms with van der Waals surface area (Å²) in [6, 6.07) is 5.75. The van der Waals surface area contributed by atoms with Crippen LogP contribution in [-0.4, -0.2) is 24.9 Å². The predicted molar refractivity (Wildman–Crippen MR) is 77.2 cm³/mol. The molecular weight excluding hydrogens is 254 g/mol. The van der Waals surface area contributed by atoms with E-state index in [1.807, 2.05) is 18.2 Å². The molecule has 1 aliphatic rings. The first-order chi connectivity index (χ1) is 9.42. The van der Waals surface area contributed by atoms with Gasteiger partial charge in [-0.25, -0.2) is 0 Å². The molecule has 0 aromatic heterocycles. The van der Waals surface area contributed by atoms with Crippen molar-refractivity contribution in [3.63, 3.8) is 0 Å². The lowest BCUT2D eigenvalue weighted by atomic mass is 9.92. The molecule has 0 radical (unpaired) electrons. The van der Waals surface area contributed by atoms with Crippen molar-refractivity contribution in [1.82, 2.24) is 10.6 Å². The van der Waals surface area contributed by atoms with Crippen LogP contribution in [0.5, 0.6) is 0 Å². The highest BCUT2D eigenvalue weighted by Gasteiger charge is 2.26. The molecule has 0 fully saturated rings. The van der Waals surface area contributed by atoms with Crippen LogP contribution in [0.15, 0.2) is 18.2 Å². The van der Waals surface area contributed by atoms with E-state index in [2.05, 4.69) is 10.6 Å². The molecule has 2 amide bonds. The monoisotopic (exact) mass is 275 g/mol. The first-order valence-electron chi connectivity index (χ1n) is 6.81. The molecule has 0 bridgehead atoms. The standard InChI is InChI=1S/C15H21N3O2/c1-15(2,14(16)20)9-18-13(19)12-5-3-4-10-8-17-7-6-11(10)12/h3-5,17H,6-9H2,1-2H3,(H2,16,20)(H,18,19). The first kappa shape index (κ1) is 14.5. The van der Waals surface area contributed by atoms with Crippen molar-refractivity contribution in [3.8, 4) is 0 Å². The molecule has 0 unspecified atom stereocenters. The van der Waals surface area contributed by atoms with Gasteiger partial charge in [-0.05, 0) is 44.0 Å². The van der Waals surface area contributed by atoms with Gasteiger partial charge in [-0.15, -0.1) is 0 Å². The Bertz CT molecular complexity index is 538. The number of nitrogens with two attached hydrogens (primary N) is 1. The van der Waals surface area contributed by atoms with E-state index in [1.54, 1.807) is 13.8 Å². The lowest BCUT2D eigenvalue weighted by Gasteiger charge is -2.23. The summed E-state index contributed by atoms with van der Waals surface area (Å²) < 4.78 is 0. The Kier molecular flexibility index (Phi) is 4.09. The third-order valence-corrected chi connectivity index (χ3v) is 3.74. The maximum atomic E-state index is 12.3. The maximum Gasteiger partial charge on any atom is 0.251 e. The molecule has 1 aromatic carbocycles. The summed E-state index contributed by atoms with van der Waals surface area (Å²) in [5.74, 6) is -0.560. The number of primary amides is 1. The fourth-order valence-electron chi connectivity index (χ4n) is 2.23. The minimum Gasteiger partial charge on any atom is -0.369 e. The van der Waals surface area contributed by atoms with Gasteiger partial charge in [0.2, 0.25) is 5.91 Å². The Morgan fingerprint density at radius 3 is 2.85 bits per heavy atom. The molecule has 0 aliphatic carbocycles. The summed E-state index contributed by atoms with van der Waals surface area (Å²) in [6.45, 7) is 5.36. The number of carbonyl (C=O) groups is 2. The van der Waals surface area contributed by atoms with E-state index < -0.39 is 11.3 Å². The van der Waals surface area contributed by atoms with Gasteiger partial charge in [-0.3, -0.25) is 9.59 Å². The third-order valence-electron chi connectivity index (χ3n) is 3.74. The van der Waals surface area contributed by atoms with Crippen molar-refractivity contribution in [1.29, 1.82) is 0 Å². The van der Waals surface area contributed by atoms with E-state index in [0.717, 1.165) is 30.6 Å². The molecule has 1 heterocycles. The lowest BCUT2D eigenvalue weighted by Crippen LogP contribution is -2.42. The summed E-state index contributed by atoms with van der Waals surface area (Å²) in [5.41, 5.74) is 7.52. The molecule has 0 saturated heterocycles. The van der Waals surface area contributed by atoms with Gasteiger partial charge in [0.15, 0.2) is 0 Å². The second-order valence-electron chi connectivity index (χ2n) is 5.80. The molecule has 108 valence electrons. The Morgan fingerprint density at radius 2 is 2.15 bits per heavy atom. The topological polar surface area (TPSA) is 84.2 Å². The largest absolute Gasteiger partial charge is 0.369 e. The Labute approximate surface area is 118 Å². The van der Waals surface area contributed by atoms with Crippen LogP contribution in [0.4, 0.5) is 0 Å². The second-order valence-corrected chi connectivity index (χ2v) is 5.80. The van der Waals surface area contributed by atoms with E-state index in [0.29, 0.717) is 5.56 Å². The number of hydrogen-bond donors (Lipinski definition) is 3. The highest BCUT2D eigenvalue weighted by atomic mass is 16.2. The minimum absolute atomic E-state index is 0.141. The molecule has 20 heavy (non-hydrogen) atoms. The van der Waals surface area contributed by atoms with E-state index in [4.69, 9.17) is 5.73 Å². The molecule has 1 aliphatic heterocycles. The van der Waals surface area contributed by atoms with Gasteiger partial charge >= 0.3 is 0 Å². The average Bonchev–Trinajstić information content (AvgIpc) is 2.44. The molecule has 2 rings (SSSR count). The van der Waals surface area contributed by atoms with Crippen LogP contribution < -0.4 is 16.4 Å². The lowest BCUT2D eigenvalue weighted by molar-refractivity contribution is -0.125. The molecule has 0 saturated carbocycles. The van der Waals surface area contributed by atoms with Crippen molar-refractivity contribution in [2.75, 3.05) is 13.1 Å². The van der Waals surface area contributed by atoms with Crippen LogP contribution >= 0.6 is 0 Å². The van der Waals surface area contributed by atoms with Gasteiger partial charge < -0.3 is 16.4 Å². The van der Waals surface area contributed by atoms with Gasteiger partial charge in [0.1, 0.15) is 0 Å². The van der Waals surface area contributed by atoms with Crippen LogP contribution in [0.25, 0.3) is 0 Å². The van der Waals surface area contributed by atoms with Gasteiger partial charge in [0, 0.05) is 18.7 Å². The Morgan fingerprint density at radius 1 is 1.40 bits per heavy atom. The van der Waals surface area contributed by atoms with Gasteiger partial charge in [0.05, 0.1) is 5.41 Å². The van der Waals surface area contributed by atoms with Crippen molar-refractivity contribution >= 4 is 11.8 Å². The van der Waals surface area contributed by atoms with Gasteiger partial charge in [0.25, 0.3) is 5.91 Å². The highest BCUT2D eigenvalue weighted by Crippen LogP contribution is 2.19. The van der Waals surface area contributed by atoms with Crippen molar-refractivity contribution in [2.45, 2.75) is 26.8 Å². The number of rotatable bonds is 4. The zero-order chi connectivity index (χ0) is 14.8. The van der Waals surface area contributed by atoms with Crippen LogP contribution in [0.1, 0.15) is 35.3 Å². The quantitative estimate of drug-likeness (QED) is 0.751. The number of nitrogens with one attached hydrogen (secondary N) is 2. The molecule has 5 nitrogen and oxygen atoms in total. The number of amides is 2. The molecule has 5 heteroatoms. The van der Waals surface area contributed by atoms with Crippen LogP contribution in [-0.2, 0) is 17.8 Å². The number of hydrogen-bond acceptors (Lipinski definition) is 3. The van der Waals surface area contributed by atoms with Crippen molar-refractivity contribution < 1.29 is 9.59 Å². The van der Waals surface area contributed by atoms with Crippen molar-refractivity contribution in [3.05, 3.63) is 34.9 Å². The smallest absolute Gasteiger partial charge is 0.251 e. The highest BCUT2D eigenvalue weighted by molar-refractivity contribution is 5.96. The maximum absolute atomic E-state index is 12.3. The summed E-state index contributed by atoms with van der Waals surface area (Å²) in [6.07, 6.45) is 0.845. The van der Waals surface area contributed by atoms with Gasteiger partial charge in [-0.1, -0.05) is 12.1 Å².